The topological polar surface area (TPSA) is 205 Å². The Morgan fingerprint density at radius 3 is 1.45 bits per heavy atom. The number of nitrogens with one attached hydrogen (secondary N) is 6. The number of likely N-dealkylation sites (tertiary alicyclic amines) is 2. The normalized spacial score (nSPS) is 17.1. The minimum Gasteiger partial charge on any atom is -0.343 e. The summed E-state index contributed by atoms with van der Waals surface area (Å²) in [5.41, 5.74) is 1.50. The van der Waals surface area contributed by atoms with Crippen molar-refractivity contribution < 1.29 is 59.9 Å². The van der Waals surface area contributed by atoms with Crippen molar-refractivity contribution in [3.8, 4) is 0 Å². The van der Waals surface area contributed by atoms with Gasteiger partial charge in [0, 0.05) is 64.4 Å². The number of urea groups is 1. The minimum atomic E-state index is -5.11. The van der Waals surface area contributed by atoms with Gasteiger partial charge < -0.3 is 51.5 Å². The van der Waals surface area contributed by atoms with E-state index in [-0.39, 0.29) is 84.6 Å². The molecule has 2 saturated heterocycles. The molecule has 4 rings (SSSR count). The first-order valence-corrected chi connectivity index (χ1v) is 25.1. The number of likely N-dealkylation sites (N-methyl/N-ethyl adjacent to an activating group) is 2. The van der Waals surface area contributed by atoms with E-state index in [4.69, 9.17) is 0 Å². The highest BCUT2D eigenvalue weighted by Gasteiger charge is 2.46. The smallest absolute Gasteiger partial charge is 0.343 e. The zero-order valence-electron chi connectivity index (χ0n) is 41.9. The lowest BCUT2D eigenvalue weighted by Crippen LogP contribution is -2.55. The Hall–Kier alpha value is -5.97. The van der Waals surface area contributed by atoms with E-state index in [9.17, 15) is 59.9 Å². The second-order valence-electron chi connectivity index (χ2n) is 18.5. The zero-order chi connectivity index (χ0) is 53.6. The third-order valence-corrected chi connectivity index (χ3v) is 13.1. The Balaban J connectivity index is 1.27. The van der Waals surface area contributed by atoms with Crippen LogP contribution in [0.1, 0.15) is 82.3 Å². The largest absolute Gasteiger partial charge is 0.471 e. The summed E-state index contributed by atoms with van der Waals surface area (Å²) in [7, 11) is 3.14. The van der Waals surface area contributed by atoms with Crippen molar-refractivity contribution in [2.75, 3.05) is 73.0 Å². The summed E-state index contributed by atoms with van der Waals surface area (Å²) in [6.07, 6.45) is -6.25. The number of alkyl halides is 6. The highest BCUT2D eigenvalue weighted by molar-refractivity contribution is 5.90. The number of hydrogen-bond donors (Lipinski definition) is 6. The Labute approximate surface area is 423 Å². The van der Waals surface area contributed by atoms with Crippen LogP contribution in [-0.2, 0) is 41.6 Å². The maximum absolute atomic E-state index is 14.1. The number of carbonyl (C=O) groups is 7. The van der Waals surface area contributed by atoms with Gasteiger partial charge in [-0.25, -0.2) is 4.79 Å². The molecule has 0 aliphatic carbocycles. The van der Waals surface area contributed by atoms with Crippen LogP contribution >= 0.6 is 0 Å². The second-order valence-corrected chi connectivity index (χ2v) is 18.5. The molecule has 0 spiro atoms. The summed E-state index contributed by atoms with van der Waals surface area (Å²) in [4.78, 5) is 95.9. The lowest BCUT2D eigenvalue weighted by Gasteiger charge is -2.33. The van der Waals surface area contributed by atoms with E-state index >= 15 is 0 Å². The van der Waals surface area contributed by atoms with Gasteiger partial charge in [-0.2, -0.15) is 26.3 Å². The zero-order valence-corrected chi connectivity index (χ0v) is 41.9. The second kappa shape index (κ2) is 29.7. The van der Waals surface area contributed by atoms with E-state index in [1.807, 2.05) is 0 Å². The maximum atomic E-state index is 14.1. The number of nitrogens with zero attached hydrogens (tertiary/aromatic N) is 4. The summed E-state index contributed by atoms with van der Waals surface area (Å²) in [6, 6.07) is 13.0. The van der Waals surface area contributed by atoms with E-state index in [2.05, 4.69) is 31.9 Å². The molecule has 17 nitrogen and oxygen atoms in total. The number of carbonyl (C=O) groups excluding carboxylic acids is 7. The Morgan fingerprint density at radius 1 is 0.630 bits per heavy atom. The van der Waals surface area contributed by atoms with Crippen molar-refractivity contribution in [3.63, 3.8) is 0 Å². The van der Waals surface area contributed by atoms with E-state index in [0.29, 0.717) is 51.4 Å². The van der Waals surface area contributed by atoms with Gasteiger partial charge in [0.2, 0.25) is 23.6 Å². The van der Waals surface area contributed by atoms with E-state index in [1.165, 1.54) is 9.80 Å². The van der Waals surface area contributed by atoms with Crippen molar-refractivity contribution in [2.24, 2.45) is 0 Å². The van der Waals surface area contributed by atoms with Crippen molar-refractivity contribution in [1.29, 1.82) is 0 Å². The number of rotatable bonds is 28. The molecule has 6 N–H and O–H groups in total. The van der Waals surface area contributed by atoms with Crippen LogP contribution in [0.2, 0.25) is 0 Å². The number of amides is 8. The molecule has 8 amide bonds. The number of unbranched alkanes of at least 4 members (excludes halogenated alkanes) is 2. The fourth-order valence-electron chi connectivity index (χ4n) is 9.03. The van der Waals surface area contributed by atoms with Gasteiger partial charge in [0.05, 0.1) is 12.6 Å². The SMILES string of the molecule is CNCC(=O)N[C@@H](CCCCNC(=O)NCCCCC(NC(=O)[C@H](C)NC)C(=O)N1CCC[C@H]1CN(CCc1ccccc1)C(=O)C(F)(F)F)C(=O)N1CCC[C@H]1CN(CCc1ccccc1)C(=O)C(F)(F)F. The standard InChI is InChI=1S/C50H72F6N10O7/c1-35(58-3)43(68)62-41(45(70)66-29-15-21-39(66)34-64(47(72)50(54,55)56)31-25-37-18-8-5-9-19-37)23-11-13-27-60-48(73)59-26-12-10-22-40(61-42(67)32-57-2)44(69)65-28-14-20-38(65)33-63(46(71)49(51,52)53)30-24-36-16-6-4-7-17-36/h4-9,16-19,35,38-41,57-58H,10-15,20-34H2,1-3H3,(H,61,67)(H,62,68)(H2,59,60,73)/t35-,38-,39-,40-,41?/m0/s1. The fourth-order valence-corrected chi connectivity index (χ4v) is 9.03. The summed E-state index contributed by atoms with van der Waals surface area (Å²) in [6.45, 7) is 1.32. The van der Waals surface area contributed by atoms with Gasteiger partial charge in [-0.1, -0.05) is 60.7 Å². The molecule has 2 aliphatic heterocycles. The number of benzene rings is 2. The highest BCUT2D eigenvalue weighted by Crippen LogP contribution is 2.26. The van der Waals surface area contributed by atoms with E-state index < -0.39 is 84.0 Å². The first kappa shape index (κ1) is 59.6. The highest BCUT2D eigenvalue weighted by atomic mass is 19.4. The van der Waals surface area contributed by atoms with Gasteiger partial charge in [0.25, 0.3) is 0 Å². The molecular formula is C50H72F6N10O7. The monoisotopic (exact) mass is 1040 g/mol. The van der Waals surface area contributed by atoms with Gasteiger partial charge >= 0.3 is 30.2 Å². The van der Waals surface area contributed by atoms with Crippen LogP contribution in [0.25, 0.3) is 0 Å². The van der Waals surface area contributed by atoms with Crippen molar-refractivity contribution in [2.45, 2.75) is 127 Å². The molecule has 0 saturated carbocycles. The molecule has 2 aliphatic rings. The number of halogens is 6. The Bertz CT molecular complexity index is 2090. The molecule has 0 aromatic heterocycles. The number of hydrogen-bond acceptors (Lipinski definition) is 9. The molecule has 0 bridgehead atoms. The summed E-state index contributed by atoms with van der Waals surface area (Å²) >= 11 is 0. The minimum absolute atomic E-state index is 0.0887. The van der Waals surface area contributed by atoms with Crippen LogP contribution in [0, 0.1) is 0 Å². The Kier molecular flexibility index (Phi) is 24.2. The molecule has 73 heavy (non-hydrogen) atoms. The van der Waals surface area contributed by atoms with E-state index in [0.717, 1.165) is 20.9 Å². The molecular weight excluding hydrogens is 967 g/mol. The molecule has 1 unspecified atom stereocenters. The van der Waals surface area contributed by atoms with Gasteiger partial charge in [0.1, 0.15) is 12.1 Å². The predicted molar refractivity (Wildman–Crippen MR) is 260 cm³/mol. The quantitative estimate of drug-likeness (QED) is 0.0543. The first-order valence-electron chi connectivity index (χ1n) is 25.1. The third-order valence-electron chi connectivity index (χ3n) is 13.1. The van der Waals surface area contributed by atoms with Crippen LogP contribution in [0.15, 0.2) is 60.7 Å². The summed E-state index contributed by atoms with van der Waals surface area (Å²) in [5.74, 6) is -5.84. The van der Waals surface area contributed by atoms with Crippen LogP contribution in [0.5, 0.6) is 0 Å². The van der Waals surface area contributed by atoms with Crippen LogP contribution in [-0.4, -0.2) is 177 Å². The fraction of sp³-hybridized carbons (Fsp3) is 0.620. The molecule has 406 valence electrons. The van der Waals surface area contributed by atoms with E-state index in [1.54, 1.807) is 81.7 Å². The van der Waals surface area contributed by atoms with Gasteiger partial charge in [-0.3, -0.25) is 28.8 Å². The van der Waals surface area contributed by atoms with Crippen molar-refractivity contribution >= 4 is 41.5 Å². The molecule has 2 aromatic rings. The first-order chi connectivity index (χ1) is 34.7. The summed E-state index contributed by atoms with van der Waals surface area (Å²) in [5, 5.41) is 16.5. The average Bonchev–Trinajstić information content (AvgIpc) is 4.04. The maximum Gasteiger partial charge on any atom is 0.471 e. The predicted octanol–water partition coefficient (Wildman–Crippen LogP) is 3.67. The molecule has 23 heteroatoms. The van der Waals surface area contributed by atoms with Gasteiger partial charge in [-0.05, 0) is 109 Å². The average molecular weight is 1040 g/mol. The van der Waals surface area contributed by atoms with Crippen LogP contribution < -0.4 is 31.9 Å². The van der Waals surface area contributed by atoms with Crippen molar-refractivity contribution in [3.05, 3.63) is 71.8 Å². The summed E-state index contributed by atoms with van der Waals surface area (Å²) < 4.78 is 82.4. The third kappa shape index (κ3) is 19.8. The molecule has 2 heterocycles. The van der Waals surface area contributed by atoms with Crippen molar-refractivity contribution in [1.82, 2.24) is 51.5 Å². The van der Waals surface area contributed by atoms with Gasteiger partial charge in [0.15, 0.2) is 0 Å². The molecule has 0 radical (unpaired) electrons. The lowest BCUT2D eigenvalue weighted by atomic mass is 10.1. The molecule has 2 aromatic carbocycles. The lowest BCUT2D eigenvalue weighted by molar-refractivity contribution is -0.186. The van der Waals surface area contributed by atoms with Crippen LogP contribution in [0.3, 0.4) is 0 Å². The Morgan fingerprint density at radius 2 is 1.05 bits per heavy atom. The molecule has 5 atom stereocenters. The molecule has 2 fully saturated rings. The van der Waals surface area contributed by atoms with Crippen LogP contribution in [0.4, 0.5) is 31.1 Å². The van der Waals surface area contributed by atoms with Gasteiger partial charge in [-0.15, -0.1) is 0 Å².